The summed E-state index contributed by atoms with van der Waals surface area (Å²) in [7, 11) is 2.04. The highest BCUT2D eigenvalue weighted by Gasteiger charge is 2.59. The normalized spacial score (nSPS) is 43.5. The minimum atomic E-state index is 0.0536. The number of unbranched alkanes of at least 4 members (excludes halogenated alkanes) is 1. The van der Waals surface area contributed by atoms with Crippen molar-refractivity contribution >= 4 is 5.97 Å². The molecule has 4 aliphatic carbocycles. The van der Waals surface area contributed by atoms with Gasteiger partial charge in [0.15, 0.2) is 0 Å². The maximum atomic E-state index is 12.5. The third-order valence-corrected chi connectivity index (χ3v) is 5.81. The Labute approximate surface area is 116 Å². The number of ether oxygens (including phenoxy) is 1. The molecule has 3 nitrogen and oxygen atoms in total. The molecule has 4 rings (SSSR count). The van der Waals surface area contributed by atoms with Gasteiger partial charge in [-0.15, -0.1) is 0 Å². The maximum Gasteiger partial charge on any atom is 0.311 e. The fourth-order valence-electron chi connectivity index (χ4n) is 5.23. The molecule has 4 bridgehead atoms. The highest BCUT2D eigenvalue weighted by molar-refractivity contribution is 5.75. The molecule has 0 aromatic heterocycles. The van der Waals surface area contributed by atoms with Gasteiger partial charge in [-0.2, -0.15) is 0 Å². The fraction of sp³-hybridized carbons (Fsp3) is 0.938. The first kappa shape index (κ1) is 13.4. The van der Waals surface area contributed by atoms with Gasteiger partial charge in [-0.1, -0.05) is 13.3 Å². The Morgan fingerprint density at radius 1 is 1.26 bits per heavy atom. The van der Waals surface area contributed by atoms with Crippen LogP contribution >= 0.6 is 0 Å². The SMILES string of the molecule is CCCCOC(=O)C1C2CC3CC(C2)CC1(NC)C3. The van der Waals surface area contributed by atoms with Crippen LogP contribution in [0.1, 0.15) is 51.9 Å². The maximum absolute atomic E-state index is 12.5. The number of carbonyl (C=O) groups excluding carboxylic acids is 1. The van der Waals surface area contributed by atoms with Crippen molar-refractivity contribution in [2.75, 3.05) is 13.7 Å². The van der Waals surface area contributed by atoms with Gasteiger partial charge in [0.05, 0.1) is 12.5 Å². The lowest BCUT2D eigenvalue weighted by Gasteiger charge is -2.60. The molecule has 4 fully saturated rings. The van der Waals surface area contributed by atoms with Gasteiger partial charge in [-0.3, -0.25) is 4.79 Å². The number of carbonyl (C=O) groups is 1. The molecule has 0 aromatic carbocycles. The molecule has 0 radical (unpaired) electrons. The van der Waals surface area contributed by atoms with Gasteiger partial charge in [0.2, 0.25) is 0 Å². The molecule has 0 aromatic rings. The molecule has 4 aliphatic rings. The van der Waals surface area contributed by atoms with Crippen LogP contribution in [-0.4, -0.2) is 25.2 Å². The van der Waals surface area contributed by atoms with Crippen LogP contribution in [0.5, 0.6) is 0 Å². The lowest BCUT2D eigenvalue weighted by atomic mass is 9.48. The van der Waals surface area contributed by atoms with Crippen molar-refractivity contribution in [3.05, 3.63) is 0 Å². The second kappa shape index (κ2) is 5.08. The average Bonchev–Trinajstić information content (AvgIpc) is 2.37. The first-order chi connectivity index (χ1) is 9.18. The Kier molecular flexibility index (Phi) is 3.59. The Hall–Kier alpha value is -0.570. The van der Waals surface area contributed by atoms with E-state index in [1.807, 2.05) is 7.05 Å². The third kappa shape index (κ3) is 2.20. The molecular formula is C16H27NO2. The van der Waals surface area contributed by atoms with Crippen LogP contribution < -0.4 is 5.32 Å². The Morgan fingerprint density at radius 3 is 2.53 bits per heavy atom. The summed E-state index contributed by atoms with van der Waals surface area (Å²) >= 11 is 0. The zero-order valence-electron chi connectivity index (χ0n) is 12.3. The number of rotatable bonds is 5. The van der Waals surface area contributed by atoms with E-state index in [2.05, 4.69) is 12.2 Å². The molecule has 0 aliphatic heterocycles. The summed E-state index contributed by atoms with van der Waals surface area (Å²) in [5.41, 5.74) is 0.0536. The van der Waals surface area contributed by atoms with Gasteiger partial charge >= 0.3 is 5.97 Å². The summed E-state index contributed by atoms with van der Waals surface area (Å²) in [5.74, 6) is 2.47. The van der Waals surface area contributed by atoms with Crippen molar-refractivity contribution in [2.24, 2.45) is 23.7 Å². The molecule has 1 N–H and O–H groups in total. The number of esters is 1. The van der Waals surface area contributed by atoms with E-state index in [0.717, 1.165) is 24.7 Å². The van der Waals surface area contributed by atoms with E-state index in [9.17, 15) is 4.79 Å². The molecular weight excluding hydrogens is 238 g/mol. The Bertz CT molecular complexity index is 341. The van der Waals surface area contributed by atoms with E-state index in [4.69, 9.17) is 4.74 Å². The monoisotopic (exact) mass is 265 g/mol. The van der Waals surface area contributed by atoms with Crippen LogP contribution in [0.2, 0.25) is 0 Å². The molecule has 4 saturated carbocycles. The topological polar surface area (TPSA) is 38.3 Å². The first-order valence-electron chi connectivity index (χ1n) is 8.04. The Balaban J connectivity index is 1.74. The van der Waals surface area contributed by atoms with Crippen LogP contribution in [0.3, 0.4) is 0 Å². The lowest BCUT2D eigenvalue weighted by Crippen LogP contribution is -2.65. The van der Waals surface area contributed by atoms with Crippen molar-refractivity contribution in [3.63, 3.8) is 0 Å². The molecule has 3 heteroatoms. The van der Waals surface area contributed by atoms with Gasteiger partial charge in [0.25, 0.3) is 0 Å². The van der Waals surface area contributed by atoms with E-state index in [0.29, 0.717) is 12.5 Å². The highest BCUT2D eigenvalue weighted by Crippen LogP contribution is 2.58. The van der Waals surface area contributed by atoms with E-state index in [-0.39, 0.29) is 17.4 Å². The largest absolute Gasteiger partial charge is 0.465 e. The smallest absolute Gasteiger partial charge is 0.311 e. The summed E-state index contributed by atoms with van der Waals surface area (Å²) in [6.07, 6.45) is 8.36. The van der Waals surface area contributed by atoms with Gasteiger partial charge in [0.1, 0.15) is 0 Å². The van der Waals surface area contributed by atoms with E-state index in [1.54, 1.807) is 0 Å². The lowest BCUT2D eigenvalue weighted by molar-refractivity contribution is -0.167. The molecule has 19 heavy (non-hydrogen) atoms. The van der Waals surface area contributed by atoms with Gasteiger partial charge in [0, 0.05) is 5.54 Å². The minimum absolute atomic E-state index is 0.0536. The summed E-state index contributed by atoms with van der Waals surface area (Å²) in [4.78, 5) is 12.5. The van der Waals surface area contributed by atoms with Crippen molar-refractivity contribution < 1.29 is 9.53 Å². The van der Waals surface area contributed by atoms with Crippen LogP contribution in [-0.2, 0) is 9.53 Å². The predicted octanol–water partition coefficient (Wildman–Crippen LogP) is 2.74. The number of nitrogens with one attached hydrogen (secondary N) is 1. The van der Waals surface area contributed by atoms with Gasteiger partial charge in [-0.05, 0) is 63.3 Å². The summed E-state index contributed by atoms with van der Waals surface area (Å²) in [6.45, 7) is 2.73. The van der Waals surface area contributed by atoms with Crippen molar-refractivity contribution in [1.82, 2.24) is 5.32 Å². The second-order valence-corrected chi connectivity index (χ2v) is 7.01. The number of hydrogen-bond donors (Lipinski definition) is 1. The van der Waals surface area contributed by atoms with Crippen molar-refractivity contribution in [3.8, 4) is 0 Å². The van der Waals surface area contributed by atoms with Crippen LogP contribution in [0.15, 0.2) is 0 Å². The minimum Gasteiger partial charge on any atom is -0.465 e. The fourth-order valence-corrected chi connectivity index (χ4v) is 5.23. The van der Waals surface area contributed by atoms with E-state index >= 15 is 0 Å². The zero-order chi connectivity index (χ0) is 13.5. The summed E-state index contributed by atoms with van der Waals surface area (Å²) < 4.78 is 5.56. The van der Waals surface area contributed by atoms with Crippen molar-refractivity contribution in [1.29, 1.82) is 0 Å². The third-order valence-electron chi connectivity index (χ3n) is 5.81. The molecule has 0 amide bonds. The predicted molar refractivity (Wildman–Crippen MR) is 74.7 cm³/mol. The van der Waals surface area contributed by atoms with Crippen LogP contribution in [0.25, 0.3) is 0 Å². The molecule has 0 saturated heterocycles. The first-order valence-corrected chi connectivity index (χ1v) is 8.04. The summed E-state index contributed by atoms with van der Waals surface area (Å²) in [6, 6.07) is 0. The molecule has 3 atom stereocenters. The van der Waals surface area contributed by atoms with Crippen LogP contribution in [0.4, 0.5) is 0 Å². The Morgan fingerprint density at radius 2 is 1.95 bits per heavy atom. The van der Waals surface area contributed by atoms with E-state index < -0.39 is 0 Å². The van der Waals surface area contributed by atoms with Gasteiger partial charge in [-0.25, -0.2) is 0 Å². The molecule has 108 valence electrons. The zero-order valence-corrected chi connectivity index (χ0v) is 12.3. The molecule has 0 spiro atoms. The van der Waals surface area contributed by atoms with Crippen LogP contribution in [0, 0.1) is 23.7 Å². The van der Waals surface area contributed by atoms with E-state index in [1.165, 1.54) is 32.1 Å². The summed E-state index contributed by atoms with van der Waals surface area (Å²) in [5, 5.41) is 3.53. The standard InChI is InChI=1S/C16H27NO2/c1-3-4-5-19-15(18)14-13-7-11-6-12(8-13)10-16(14,9-11)17-2/h11-14,17H,3-10H2,1-2H3. The van der Waals surface area contributed by atoms with Gasteiger partial charge < -0.3 is 10.1 Å². The number of hydrogen-bond acceptors (Lipinski definition) is 3. The quantitative estimate of drug-likeness (QED) is 0.613. The van der Waals surface area contributed by atoms with Crippen molar-refractivity contribution in [2.45, 2.75) is 57.4 Å². The molecule has 3 unspecified atom stereocenters. The molecule has 0 heterocycles. The highest BCUT2D eigenvalue weighted by atomic mass is 16.5. The average molecular weight is 265 g/mol. The second-order valence-electron chi connectivity index (χ2n) is 7.01.